The second-order valence-corrected chi connectivity index (χ2v) is 11.7. The number of unbranched alkanes of at least 4 members (excludes halogenated alkanes) is 29. The summed E-state index contributed by atoms with van der Waals surface area (Å²) in [4.78, 5) is 10.9. The van der Waals surface area contributed by atoms with Crippen molar-refractivity contribution in [3.05, 3.63) is 0 Å². The van der Waals surface area contributed by atoms with Gasteiger partial charge in [0, 0.05) is 6.42 Å². The van der Waals surface area contributed by atoms with Gasteiger partial charge in [0.1, 0.15) is 0 Å². The third kappa shape index (κ3) is 33.4. The average molecular weight is 525 g/mol. The van der Waals surface area contributed by atoms with E-state index in [-0.39, 0.29) is 5.91 Å². The van der Waals surface area contributed by atoms with E-state index in [9.17, 15) is 4.79 Å². The van der Waals surface area contributed by atoms with Gasteiger partial charge in [0.2, 0.25) is 5.91 Å². The standard InChI is InChI=1S/C33H68N2O2/c34-32-30-28-26-24-22-20-18-16-14-12-10-8-6-4-2-1-3-5-7-9-11-13-15-17-19-21-23-25-27-29-31-33(36)35-37/h37H,1-32,34H2,(H,35,36). The summed E-state index contributed by atoms with van der Waals surface area (Å²) in [7, 11) is 0. The minimum atomic E-state index is -0.256. The molecule has 0 aliphatic heterocycles. The Morgan fingerprint density at radius 3 is 0.757 bits per heavy atom. The molecule has 0 unspecified atom stereocenters. The lowest BCUT2D eigenvalue weighted by molar-refractivity contribution is -0.129. The lowest BCUT2D eigenvalue weighted by Gasteiger charge is -2.04. The molecule has 4 nitrogen and oxygen atoms in total. The van der Waals surface area contributed by atoms with E-state index < -0.39 is 0 Å². The van der Waals surface area contributed by atoms with Crippen LogP contribution < -0.4 is 11.2 Å². The topological polar surface area (TPSA) is 75.4 Å². The van der Waals surface area contributed by atoms with Crippen molar-refractivity contribution in [2.24, 2.45) is 5.73 Å². The van der Waals surface area contributed by atoms with Crippen LogP contribution in [0.5, 0.6) is 0 Å². The van der Waals surface area contributed by atoms with Crippen molar-refractivity contribution in [3.8, 4) is 0 Å². The van der Waals surface area contributed by atoms with Gasteiger partial charge < -0.3 is 5.73 Å². The first-order valence-electron chi connectivity index (χ1n) is 16.9. The summed E-state index contributed by atoms with van der Waals surface area (Å²) >= 11 is 0. The molecule has 4 N–H and O–H groups in total. The summed E-state index contributed by atoms with van der Waals surface area (Å²) in [6.07, 6.45) is 42.0. The second-order valence-electron chi connectivity index (χ2n) is 11.7. The average Bonchev–Trinajstić information content (AvgIpc) is 2.91. The van der Waals surface area contributed by atoms with Crippen molar-refractivity contribution in [3.63, 3.8) is 0 Å². The Morgan fingerprint density at radius 2 is 0.568 bits per heavy atom. The lowest BCUT2D eigenvalue weighted by Crippen LogP contribution is -2.17. The Balaban J connectivity index is 3.03. The van der Waals surface area contributed by atoms with Gasteiger partial charge in [-0.15, -0.1) is 0 Å². The monoisotopic (exact) mass is 525 g/mol. The van der Waals surface area contributed by atoms with E-state index >= 15 is 0 Å². The minimum absolute atomic E-state index is 0.256. The number of nitrogens with one attached hydrogen (secondary N) is 1. The van der Waals surface area contributed by atoms with E-state index in [0.717, 1.165) is 19.4 Å². The number of rotatable bonds is 32. The zero-order valence-electron chi connectivity index (χ0n) is 25.1. The maximum absolute atomic E-state index is 10.9. The fourth-order valence-corrected chi connectivity index (χ4v) is 5.44. The summed E-state index contributed by atoms with van der Waals surface area (Å²) in [5.41, 5.74) is 7.24. The van der Waals surface area contributed by atoms with Gasteiger partial charge in [-0.25, -0.2) is 5.48 Å². The van der Waals surface area contributed by atoms with E-state index in [1.165, 1.54) is 180 Å². The van der Waals surface area contributed by atoms with Crippen LogP contribution >= 0.6 is 0 Å². The molecule has 0 spiro atoms. The highest BCUT2D eigenvalue weighted by atomic mass is 16.5. The zero-order valence-corrected chi connectivity index (χ0v) is 25.1. The van der Waals surface area contributed by atoms with E-state index in [1.807, 2.05) is 0 Å². The van der Waals surface area contributed by atoms with Crippen molar-refractivity contribution in [1.29, 1.82) is 0 Å². The SMILES string of the molecule is NCCCCCCCCCCCCCCCCCCCCCCCCCCCCCCCCC(=O)NO. The zero-order chi connectivity index (χ0) is 26.9. The number of hydrogen-bond acceptors (Lipinski definition) is 3. The van der Waals surface area contributed by atoms with Crippen LogP contribution in [0.25, 0.3) is 0 Å². The highest BCUT2D eigenvalue weighted by Crippen LogP contribution is 2.16. The Hall–Kier alpha value is -0.610. The molecule has 0 radical (unpaired) electrons. The summed E-state index contributed by atoms with van der Waals surface area (Å²) in [6, 6.07) is 0. The number of carbonyl (C=O) groups excluding carboxylic acids is 1. The van der Waals surface area contributed by atoms with E-state index in [2.05, 4.69) is 0 Å². The van der Waals surface area contributed by atoms with Gasteiger partial charge in [-0.05, 0) is 19.4 Å². The van der Waals surface area contributed by atoms with Gasteiger partial charge in [0.15, 0.2) is 0 Å². The fraction of sp³-hybridized carbons (Fsp3) is 0.970. The van der Waals surface area contributed by atoms with Crippen LogP contribution in [0.3, 0.4) is 0 Å². The van der Waals surface area contributed by atoms with Crippen LogP contribution in [0.1, 0.15) is 199 Å². The molecule has 1 amide bonds. The van der Waals surface area contributed by atoms with E-state index in [0.29, 0.717) is 6.42 Å². The van der Waals surface area contributed by atoms with Crippen LogP contribution in [0, 0.1) is 0 Å². The molecule has 0 aliphatic carbocycles. The third-order valence-electron chi connectivity index (χ3n) is 7.98. The molecule has 222 valence electrons. The molecule has 0 aromatic rings. The predicted molar refractivity (Wildman–Crippen MR) is 162 cm³/mol. The van der Waals surface area contributed by atoms with E-state index in [1.54, 1.807) is 5.48 Å². The molecular weight excluding hydrogens is 456 g/mol. The smallest absolute Gasteiger partial charge is 0.243 e. The van der Waals surface area contributed by atoms with Crippen molar-refractivity contribution < 1.29 is 10.0 Å². The van der Waals surface area contributed by atoms with Crippen molar-refractivity contribution >= 4 is 5.91 Å². The lowest BCUT2D eigenvalue weighted by atomic mass is 10.0. The van der Waals surface area contributed by atoms with Gasteiger partial charge in [-0.3, -0.25) is 10.0 Å². The normalized spacial score (nSPS) is 11.3. The van der Waals surface area contributed by atoms with Crippen molar-refractivity contribution in [2.45, 2.75) is 199 Å². The minimum Gasteiger partial charge on any atom is -0.330 e. The highest BCUT2D eigenvalue weighted by Gasteiger charge is 1.99. The van der Waals surface area contributed by atoms with Crippen LogP contribution in [0.15, 0.2) is 0 Å². The molecule has 0 fully saturated rings. The van der Waals surface area contributed by atoms with Crippen LogP contribution in [-0.2, 0) is 4.79 Å². The Labute approximate surface area is 232 Å². The van der Waals surface area contributed by atoms with Crippen molar-refractivity contribution in [1.82, 2.24) is 5.48 Å². The number of carbonyl (C=O) groups is 1. The van der Waals surface area contributed by atoms with Crippen molar-refractivity contribution in [2.75, 3.05) is 6.54 Å². The Bertz CT molecular complexity index is 431. The van der Waals surface area contributed by atoms with Crippen LogP contribution in [0.4, 0.5) is 0 Å². The molecule has 0 atom stereocenters. The predicted octanol–water partition coefficient (Wildman–Crippen LogP) is 10.5. The molecule has 0 aliphatic rings. The second kappa shape index (κ2) is 33.4. The Kier molecular flexibility index (Phi) is 32.9. The number of hydroxylamine groups is 1. The largest absolute Gasteiger partial charge is 0.330 e. The van der Waals surface area contributed by atoms with Gasteiger partial charge in [-0.2, -0.15) is 0 Å². The van der Waals surface area contributed by atoms with Crippen LogP contribution in [0.2, 0.25) is 0 Å². The van der Waals surface area contributed by atoms with Gasteiger partial charge in [0.05, 0.1) is 0 Å². The van der Waals surface area contributed by atoms with Crippen LogP contribution in [-0.4, -0.2) is 17.7 Å². The first-order valence-corrected chi connectivity index (χ1v) is 16.9. The molecule has 0 saturated heterocycles. The van der Waals surface area contributed by atoms with E-state index in [4.69, 9.17) is 10.9 Å². The summed E-state index contributed by atoms with van der Waals surface area (Å²) in [5.74, 6) is -0.256. The molecule has 0 aromatic carbocycles. The molecule has 4 heteroatoms. The fourth-order valence-electron chi connectivity index (χ4n) is 5.44. The summed E-state index contributed by atoms with van der Waals surface area (Å²) < 4.78 is 0. The first-order chi connectivity index (χ1) is 18.3. The molecule has 0 rings (SSSR count). The quantitative estimate of drug-likeness (QED) is 0.0465. The highest BCUT2D eigenvalue weighted by molar-refractivity contribution is 5.74. The molecule has 37 heavy (non-hydrogen) atoms. The molecule has 0 aromatic heterocycles. The van der Waals surface area contributed by atoms with Gasteiger partial charge in [0.25, 0.3) is 0 Å². The third-order valence-corrected chi connectivity index (χ3v) is 7.98. The van der Waals surface area contributed by atoms with Gasteiger partial charge >= 0.3 is 0 Å². The molecule has 0 heterocycles. The molecule has 0 saturated carbocycles. The maximum atomic E-state index is 10.9. The van der Waals surface area contributed by atoms with Gasteiger partial charge in [-0.1, -0.05) is 180 Å². The number of nitrogens with two attached hydrogens (primary N) is 1. The molecular formula is C33H68N2O2. The summed E-state index contributed by atoms with van der Waals surface area (Å²) in [6.45, 7) is 0.866. The Morgan fingerprint density at radius 1 is 0.378 bits per heavy atom. The number of hydrogen-bond donors (Lipinski definition) is 3. The molecule has 0 bridgehead atoms. The maximum Gasteiger partial charge on any atom is 0.243 e. The first kappa shape index (κ1) is 36.4. The number of amides is 1. The summed E-state index contributed by atoms with van der Waals surface area (Å²) in [5, 5.41) is 8.45.